The van der Waals surface area contributed by atoms with Crippen LogP contribution in [0.25, 0.3) is 0 Å². The molecule has 1 aromatic carbocycles. The average Bonchev–Trinajstić information content (AvgIpc) is 2.41. The molecule has 1 aromatic rings. The molecular formula is C14H15ClF3NO3. The molecule has 0 aliphatic rings. The van der Waals surface area contributed by atoms with E-state index in [1.54, 1.807) is 13.8 Å². The summed E-state index contributed by atoms with van der Waals surface area (Å²) in [7, 11) is 0. The second-order valence-corrected chi connectivity index (χ2v) is 5.25. The van der Waals surface area contributed by atoms with E-state index in [1.807, 2.05) is 0 Å². The van der Waals surface area contributed by atoms with Crippen molar-refractivity contribution in [2.24, 2.45) is 0 Å². The first-order valence-corrected chi connectivity index (χ1v) is 6.84. The summed E-state index contributed by atoms with van der Waals surface area (Å²) in [5.74, 6) is -2.04. The van der Waals surface area contributed by atoms with E-state index in [0.717, 1.165) is 11.0 Å². The smallest absolute Gasteiger partial charge is 0.416 e. The van der Waals surface area contributed by atoms with Gasteiger partial charge in [0.1, 0.15) is 6.54 Å². The van der Waals surface area contributed by atoms with Crippen LogP contribution in [0.15, 0.2) is 18.2 Å². The van der Waals surface area contributed by atoms with E-state index >= 15 is 0 Å². The van der Waals surface area contributed by atoms with Crippen molar-refractivity contribution >= 4 is 23.5 Å². The number of nitrogens with zero attached hydrogens (tertiary/aromatic N) is 1. The van der Waals surface area contributed by atoms with Crippen molar-refractivity contribution in [1.29, 1.82) is 0 Å². The van der Waals surface area contributed by atoms with Crippen LogP contribution in [0.5, 0.6) is 0 Å². The highest BCUT2D eigenvalue weighted by atomic mass is 35.5. The summed E-state index contributed by atoms with van der Waals surface area (Å²) >= 11 is 5.64. The van der Waals surface area contributed by atoms with Gasteiger partial charge in [0.2, 0.25) is 0 Å². The molecule has 8 heteroatoms. The molecule has 1 unspecified atom stereocenters. The van der Waals surface area contributed by atoms with Gasteiger partial charge in [0.15, 0.2) is 0 Å². The standard InChI is InChI=1S/C14H15ClF3NO3/c1-3-8(2)19(7-12(20)21)13(22)9-4-10(14(16,17)18)6-11(15)5-9/h4-6,8H,3,7H2,1-2H3,(H,20,21). The van der Waals surface area contributed by atoms with E-state index in [9.17, 15) is 22.8 Å². The molecule has 1 amide bonds. The topological polar surface area (TPSA) is 57.6 Å². The van der Waals surface area contributed by atoms with Crippen molar-refractivity contribution in [3.05, 3.63) is 34.3 Å². The lowest BCUT2D eigenvalue weighted by molar-refractivity contribution is -0.139. The second-order valence-electron chi connectivity index (χ2n) is 4.81. The van der Waals surface area contributed by atoms with E-state index in [0.29, 0.717) is 18.6 Å². The van der Waals surface area contributed by atoms with Crippen LogP contribution in [0, 0.1) is 0 Å². The van der Waals surface area contributed by atoms with Gasteiger partial charge in [-0.2, -0.15) is 13.2 Å². The first-order chi connectivity index (χ1) is 10.1. The number of carbonyl (C=O) groups excluding carboxylic acids is 1. The quantitative estimate of drug-likeness (QED) is 0.891. The summed E-state index contributed by atoms with van der Waals surface area (Å²) < 4.78 is 38.3. The molecule has 122 valence electrons. The van der Waals surface area contributed by atoms with E-state index in [2.05, 4.69) is 0 Å². The number of alkyl halides is 3. The Balaban J connectivity index is 3.24. The molecule has 0 spiro atoms. The number of hydrogen-bond donors (Lipinski definition) is 1. The largest absolute Gasteiger partial charge is 0.480 e. The van der Waals surface area contributed by atoms with E-state index in [4.69, 9.17) is 16.7 Å². The van der Waals surface area contributed by atoms with Crippen LogP contribution in [-0.4, -0.2) is 34.5 Å². The predicted octanol–water partition coefficient (Wildman–Crippen LogP) is 3.68. The first-order valence-electron chi connectivity index (χ1n) is 6.46. The SMILES string of the molecule is CCC(C)N(CC(=O)O)C(=O)c1cc(Cl)cc(C(F)(F)F)c1. The number of carboxylic acid groups (broad SMARTS) is 1. The maximum atomic E-state index is 12.8. The molecule has 0 saturated carbocycles. The van der Waals surface area contributed by atoms with Crippen molar-refractivity contribution in [2.45, 2.75) is 32.5 Å². The van der Waals surface area contributed by atoms with Crippen LogP contribution in [0.2, 0.25) is 5.02 Å². The monoisotopic (exact) mass is 337 g/mol. The average molecular weight is 338 g/mol. The molecule has 0 heterocycles. The lowest BCUT2D eigenvalue weighted by atomic mass is 10.1. The Morgan fingerprint density at radius 3 is 2.36 bits per heavy atom. The molecule has 0 saturated heterocycles. The molecule has 4 nitrogen and oxygen atoms in total. The highest BCUT2D eigenvalue weighted by molar-refractivity contribution is 6.31. The van der Waals surface area contributed by atoms with E-state index in [-0.39, 0.29) is 10.6 Å². The third-order valence-corrected chi connectivity index (χ3v) is 3.38. The normalized spacial score (nSPS) is 12.8. The van der Waals surface area contributed by atoms with Crippen LogP contribution >= 0.6 is 11.6 Å². The fraction of sp³-hybridized carbons (Fsp3) is 0.429. The molecule has 1 N–H and O–H groups in total. The van der Waals surface area contributed by atoms with Crippen molar-refractivity contribution in [1.82, 2.24) is 4.90 Å². The minimum atomic E-state index is -4.64. The van der Waals surface area contributed by atoms with Crippen molar-refractivity contribution in [3.8, 4) is 0 Å². The maximum Gasteiger partial charge on any atom is 0.416 e. The van der Waals surface area contributed by atoms with E-state index < -0.39 is 36.2 Å². The number of aliphatic carboxylic acids is 1. The number of carbonyl (C=O) groups is 2. The molecular weight excluding hydrogens is 323 g/mol. The Kier molecular flexibility index (Phi) is 5.82. The lowest BCUT2D eigenvalue weighted by Crippen LogP contribution is -2.41. The van der Waals surface area contributed by atoms with Gasteiger partial charge >= 0.3 is 12.1 Å². The van der Waals surface area contributed by atoms with Crippen LogP contribution in [0.3, 0.4) is 0 Å². The molecule has 0 fully saturated rings. The van der Waals surface area contributed by atoms with Gasteiger partial charge < -0.3 is 10.0 Å². The Hall–Kier alpha value is -1.76. The highest BCUT2D eigenvalue weighted by Gasteiger charge is 2.32. The molecule has 0 aliphatic carbocycles. The van der Waals surface area contributed by atoms with Crippen molar-refractivity contribution < 1.29 is 27.9 Å². The van der Waals surface area contributed by atoms with Crippen molar-refractivity contribution in [2.75, 3.05) is 6.54 Å². The number of halogens is 4. The number of carboxylic acids is 1. The number of rotatable bonds is 5. The van der Waals surface area contributed by atoms with Gasteiger partial charge in [0.25, 0.3) is 5.91 Å². The molecule has 22 heavy (non-hydrogen) atoms. The summed E-state index contributed by atoms with van der Waals surface area (Å²) in [4.78, 5) is 24.2. The first kappa shape index (κ1) is 18.3. The molecule has 0 bridgehead atoms. The van der Waals surface area contributed by atoms with Gasteiger partial charge in [-0.3, -0.25) is 9.59 Å². The predicted molar refractivity (Wildman–Crippen MR) is 74.9 cm³/mol. The van der Waals surface area contributed by atoms with Gasteiger partial charge in [-0.15, -0.1) is 0 Å². The number of amides is 1. The van der Waals surface area contributed by atoms with Crippen LogP contribution in [-0.2, 0) is 11.0 Å². The molecule has 1 rings (SSSR count). The second kappa shape index (κ2) is 7.00. The Morgan fingerprint density at radius 2 is 1.91 bits per heavy atom. The zero-order valence-corrected chi connectivity index (χ0v) is 12.7. The highest BCUT2D eigenvalue weighted by Crippen LogP contribution is 2.32. The Bertz CT molecular complexity index is 575. The summed E-state index contributed by atoms with van der Waals surface area (Å²) in [5, 5.41) is 8.62. The molecule has 1 atom stereocenters. The third-order valence-electron chi connectivity index (χ3n) is 3.16. The van der Waals surface area contributed by atoms with E-state index in [1.165, 1.54) is 0 Å². The van der Waals surface area contributed by atoms with Gasteiger partial charge in [-0.1, -0.05) is 18.5 Å². The fourth-order valence-corrected chi connectivity index (χ4v) is 2.07. The van der Waals surface area contributed by atoms with Gasteiger partial charge in [0.05, 0.1) is 5.56 Å². The zero-order valence-electron chi connectivity index (χ0n) is 11.9. The molecule has 0 aromatic heterocycles. The van der Waals surface area contributed by atoms with Gasteiger partial charge in [-0.25, -0.2) is 0 Å². The lowest BCUT2D eigenvalue weighted by Gasteiger charge is -2.27. The summed E-state index contributed by atoms with van der Waals surface area (Å²) in [6.07, 6.45) is -4.18. The number of benzene rings is 1. The van der Waals surface area contributed by atoms with Crippen LogP contribution in [0.4, 0.5) is 13.2 Å². The Morgan fingerprint density at radius 1 is 1.32 bits per heavy atom. The van der Waals surface area contributed by atoms with Crippen LogP contribution in [0.1, 0.15) is 36.2 Å². The minimum Gasteiger partial charge on any atom is -0.480 e. The summed E-state index contributed by atoms with van der Waals surface area (Å²) in [6.45, 7) is 2.77. The molecule has 0 radical (unpaired) electrons. The summed E-state index contributed by atoms with van der Waals surface area (Å²) in [5.41, 5.74) is -1.34. The minimum absolute atomic E-state index is 0.238. The van der Waals surface area contributed by atoms with Crippen LogP contribution < -0.4 is 0 Å². The van der Waals surface area contributed by atoms with Crippen molar-refractivity contribution in [3.63, 3.8) is 0 Å². The van der Waals surface area contributed by atoms with Gasteiger partial charge in [0, 0.05) is 16.6 Å². The van der Waals surface area contributed by atoms with Gasteiger partial charge in [-0.05, 0) is 31.5 Å². The number of hydrogen-bond acceptors (Lipinski definition) is 2. The maximum absolute atomic E-state index is 12.8. The fourth-order valence-electron chi connectivity index (χ4n) is 1.84. The molecule has 0 aliphatic heterocycles. The zero-order chi connectivity index (χ0) is 17.1. The Labute approximate surface area is 130 Å². The third kappa shape index (κ3) is 4.62. The summed E-state index contributed by atoms with van der Waals surface area (Å²) in [6, 6.07) is 2.04.